The summed E-state index contributed by atoms with van der Waals surface area (Å²) in [6.45, 7) is 18.7. The zero-order valence-electron chi connectivity index (χ0n) is 24.7. The molecule has 4 aliphatic carbocycles. The molecule has 4 rings (SSSR count). The summed E-state index contributed by atoms with van der Waals surface area (Å²) < 4.78 is 0. The number of fused-ring (bicyclic) bond motifs is 5. The highest BCUT2D eigenvalue weighted by atomic mass is 16.7. The topological polar surface area (TPSA) is 71.0 Å². The lowest BCUT2D eigenvalue weighted by Crippen LogP contribution is -2.51. The summed E-state index contributed by atoms with van der Waals surface area (Å²) in [4.78, 5) is 32.4. The van der Waals surface area contributed by atoms with E-state index < -0.39 is 0 Å². The number of amides is 1. The second-order valence-corrected chi connectivity index (χ2v) is 14.2. The van der Waals surface area contributed by atoms with Gasteiger partial charge in [0.25, 0.3) is 0 Å². The van der Waals surface area contributed by atoms with Crippen molar-refractivity contribution in [3.05, 3.63) is 11.6 Å². The molecule has 6 atom stereocenters. The molecule has 6 nitrogen and oxygen atoms in total. The number of allylic oxidation sites excluding steroid dienone is 1. The van der Waals surface area contributed by atoms with Crippen LogP contribution in [-0.2, 0) is 9.63 Å². The van der Waals surface area contributed by atoms with Crippen molar-refractivity contribution in [1.82, 2.24) is 10.2 Å². The minimum absolute atomic E-state index is 0.0107. The van der Waals surface area contributed by atoms with E-state index in [0.717, 1.165) is 30.9 Å². The molecule has 0 aliphatic heterocycles. The predicted octanol–water partition coefficient (Wildman–Crippen LogP) is 6.75. The smallest absolute Gasteiger partial charge is 0.310 e. The second kappa shape index (κ2) is 10.5. The molecule has 0 heterocycles. The number of rotatable bonds is 6. The van der Waals surface area contributed by atoms with Crippen molar-refractivity contribution in [2.75, 3.05) is 13.1 Å². The molecule has 0 unspecified atom stereocenters. The molecule has 3 saturated carbocycles. The Kier molecular flexibility index (Phi) is 8.01. The fraction of sp³-hybridized carbons (Fsp3) is 0.839. The summed E-state index contributed by atoms with van der Waals surface area (Å²) in [5, 5.41) is 7.90. The number of nitrogens with zero attached hydrogens (tertiary/aromatic N) is 2. The fourth-order valence-electron chi connectivity index (χ4n) is 8.58. The Morgan fingerprint density at radius 1 is 1.14 bits per heavy atom. The highest BCUT2D eigenvalue weighted by Gasteiger charge is 2.59. The number of nitrogens with one attached hydrogen (secondary N) is 1. The monoisotopic (exact) mass is 513 g/mol. The average molecular weight is 514 g/mol. The van der Waals surface area contributed by atoms with Crippen molar-refractivity contribution in [1.29, 1.82) is 0 Å². The summed E-state index contributed by atoms with van der Waals surface area (Å²) in [5.41, 5.74) is 2.82. The van der Waals surface area contributed by atoms with Gasteiger partial charge < -0.3 is 10.2 Å². The minimum atomic E-state index is -0.361. The van der Waals surface area contributed by atoms with E-state index in [1.54, 1.807) is 4.90 Å². The largest absolute Gasteiger partial charge is 0.436 e. The van der Waals surface area contributed by atoms with Crippen molar-refractivity contribution in [3.8, 4) is 0 Å². The molecule has 0 spiro atoms. The van der Waals surface area contributed by atoms with E-state index in [1.165, 1.54) is 31.3 Å². The number of hydrogen-bond acceptors (Lipinski definition) is 5. The SMILES string of the molecule is C/C(=N\OC(=O)N(CCNC(C)(C)C)C(C)C)[C@H]1CC[C@H]2[C@@H]3CCC4=CC(=O)CC[C@]4(C)[C@H]3CC[C@]12C. The molecule has 0 aromatic rings. The number of carbonyl (C=O) groups is 2. The van der Waals surface area contributed by atoms with Gasteiger partial charge in [0, 0.05) is 37.0 Å². The van der Waals surface area contributed by atoms with Gasteiger partial charge in [0.05, 0.1) is 5.71 Å². The van der Waals surface area contributed by atoms with Gasteiger partial charge in [-0.3, -0.25) is 9.63 Å². The lowest BCUT2D eigenvalue weighted by atomic mass is 9.46. The highest BCUT2D eigenvalue weighted by Crippen LogP contribution is 2.66. The van der Waals surface area contributed by atoms with E-state index in [0.29, 0.717) is 43.0 Å². The minimum Gasteiger partial charge on any atom is -0.310 e. The Morgan fingerprint density at radius 2 is 1.86 bits per heavy atom. The van der Waals surface area contributed by atoms with Crippen LogP contribution in [0, 0.1) is 34.5 Å². The van der Waals surface area contributed by atoms with Crippen LogP contribution in [0.4, 0.5) is 4.79 Å². The lowest BCUT2D eigenvalue weighted by Gasteiger charge is -2.58. The third kappa shape index (κ3) is 5.55. The van der Waals surface area contributed by atoms with Crippen LogP contribution in [-0.4, -0.2) is 47.2 Å². The summed E-state index contributed by atoms with van der Waals surface area (Å²) in [6, 6.07) is 0.0510. The van der Waals surface area contributed by atoms with E-state index >= 15 is 0 Å². The van der Waals surface area contributed by atoms with Crippen LogP contribution in [0.1, 0.15) is 107 Å². The molecule has 1 amide bonds. The van der Waals surface area contributed by atoms with Crippen LogP contribution in [0.15, 0.2) is 16.8 Å². The van der Waals surface area contributed by atoms with Crippen LogP contribution in [0.2, 0.25) is 0 Å². The first-order chi connectivity index (χ1) is 17.3. The van der Waals surface area contributed by atoms with Crippen LogP contribution in [0.3, 0.4) is 0 Å². The molecule has 0 radical (unpaired) electrons. The average Bonchev–Trinajstić information content (AvgIpc) is 3.17. The third-order valence-corrected chi connectivity index (χ3v) is 10.6. The number of carbonyl (C=O) groups excluding carboxylic acids is 2. The van der Waals surface area contributed by atoms with Crippen LogP contribution in [0.5, 0.6) is 0 Å². The van der Waals surface area contributed by atoms with Crippen molar-refractivity contribution in [2.45, 2.75) is 118 Å². The van der Waals surface area contributed by atoms with Crippen molar-refractivity contribution in [3.63, 3.8) is 0 Å². The van der Waals surface area contributed by atoms with E-state index in [2.05, 4.69) is 52.0 Å². The maximum atomic E-state index is 12.9. The molecular weight excluding hydrogens is 462 g/mol. The molecule has 208 valence electrons. The van der Waals surface area contributed by atoms with Crippen molar-refractivity contribution < 1.29 is 14.4 Å². The first-order valence-corrected chi connectivity index (χ1v) is 14.8. The van der Waals surface area contributed by atoms with Gasteiger partial charge in [-0.2, -0.15) is 0 Å². The van der Waals surface area contributed by atoms with Gasteiger partial charge in [-0.05, 0) is 121 Å². The van der Waals surface area contributed by atoms with Gasteiger partial charge in [-0.15, -0.1) is 0 Å². The molecule has 4 aliphatic rings. The van der Waals surface area contributed by atoms with E-state index in [-0.39, 0.29) is 28.5 Å². The van der Waals surface area contributed by atoms with Gasteiger partial charge in [0.2, 0.25) is 0 Å². The predicted molar refractivity (Wildman–Crippen MR) is 149 cm³/mol. The normalized spacial score (nSPS) is 36.0. The van der Waals surface area contributed by atoms with Gasteiger partial charge >= 0.3 is 6.09 Å². The van der Waals surface area contributed by atoms with E-state index in [1.807, 2.05) is 19.9 Å². The second-order valence-electron chi connectivity index (χ2n) is 14.2. The van der Waals surface area contributed by atoms with Crippen LogP contribution < -0.4 is 5.32 Å². The molecule has 0 aromatic heterocycles. The van der Waals surface area contributed by atoms with Gasteiger partial charge in [-0.1, -0.05) is 24.6 Å². The molecule has 1 N–H and O–H groups in total. The molecule has 0 aromatic carbocycles. The van der Waals surface area contributed by atoms with Crippen LogP contribution in [0.25, 0.3) is 0 Å². The van der Waals surface area contributed by atoms with Crippen LogP contribution >= 0.6 is 0 Å². The molecular formula is C31H51N3O3. The molecule has 6 heteroatoms. The van der Waals surface area contributed by atoms with E-state index in [9.17, 15) is 9.59 Å². The first-order valence-electron chi connectivity index (χ1n) is 14.8. The zero-order valence-corrected chi connectivity index (χ0v) is 24.7. The zero-order chi connectivity index (χ0) is 27.2. The Hall–Kier alpha value is -1.69. The summed E-state index contributed by atoms with van der Waals surface area (Å²) in [6.07, 6.45) is 10.4. The van der Waals surface area contributed by atoms with Crippen molar-refractivity contribution in [2.24, 2.45) is 39.7 Å². The number of hydrogen-bond donors (Lipinski definition) is 1. The molecule has 3 fully saturated rings. The Labute approximate surface area is 225 Å². The summed E-state index contributed by atoms with van der Waals surface area (Å²) in [5.74, 6) is 2.79. The quantitative estimate of drug-likeness (QED) is 0.242. The molecule has 0 saturated heterocycles. The third-order valence-electron chi connectivity index (χ3n) is 10.6. The lowest BCUT2D eigenvalue weighted by molar-refractivity contribution is -0.117. The fourth-order valence-corrected chi connectivity index (χ4v) is 8.58. The number of oxime groups is 1. The molecule has 37 heavy (non-hydrogen) atoms. The number of ketones is 1. The van der Waals surface area contributed by atoms with Gasteiger partial charge in [-0.25, -0.2) is 4.79 Å². The Morgan fingerprint density at radius 3 is 2.54 bits per heavy atom. The maximum absolute atomic E-state index is 12.9. The Bertz CT molecular complexity index is 948. The molecule has 0 bridgehead atoms. The van der Waals surface area contributed by atoms with Crippen molar-refractivity contribution >= 4 is 17.6 Å². The van der Waals surface area contributed by atoms with E-state index in [4.69, 9.17) is 4.84 Å². The standard InChI is InChI=1S/C31H51N3O3/c1-20(2)34(18-17-32-29(4,5)6)28(36)37-33-21(3)25-11-12-26-24-10-9-22-19-23(35)13-15-30(22,7)27(24)14-16-31(25,26)8/h19-20,24-27,32H,9-18H2,1-8H3/b33-21+/t24-,25+,26-,27-,30-,31+/m0/s1. The summed E-state index contributed by atoms with van der Waals surface area (Å²) in [7, 11) is 0. The first kappa shape index (κ1) is 28.3. The summed E-state index contributed by atoms with van der Waals surface area (Å²) >= 11 is 0. The maximum Gasteiger partial charge on any atom is 0.436 e. The van der Waals surface area contributed by atoms with Gasteiger partial charge in [0.15, 0.2) is 5.78 Å². The van der Waals surface area contributed by atoms with Gasteiger partial charge in [0.1, 0.15) is 0 Å². The Balaban J connectivity index is 1.42. The highest BCUT2D eigenvalue weighted by molar-refractivity contribution is 5.91.